The van der Waals surface area contributed by atoms with Crippen LogP contribution in [0.2, 0.25) is 0 Å². The molecule has 0 aromatic heterocycles. The number of rotatable bonds is 9. The smallest absolute Gasteiger partial charge is 0.407 e. The number of carbonyl (C=O) groups is 3. The van der Waals surface area contributed by atoms with Gasteiger partial charge in [-0.05, 0) is 54.4 Å². The molecule has 4 rings (SSSR count). The number of carbonyl (C=O) groups excluding carboxylic acids is 2. The maximum absolute atomic E-state index is 12.7. The third-order valence-corrected chi connectivity index (χ3v) is 7.73. The van der Waals surface area contributed by atoms with Crippen LogP contribution >= 0.6 is 0 Å². The van der Waals surface area contributed by atoms with Crippen LogP contribution in [0.1, 0.15) is 63.0 Å². The van der Waals surface area contributed by atoms with Gasteiger partial charge in [0.15, 0.2) is 0 Å². The molecule has 0 heterocycles. The summed E-state index contributed by atoms with van der Waals surface area (Å²) in [6, 6.07) is 16.3. The summed E-state index contributed by atoms with van der Waals surface area (Å²) in [7, 11) is 0. The van der Waals surface area contributed by atoms with Gasteiger partial charge in [-0.2, -0.15) is 0 Å². The maximum Gasteiger partial charge on any atom is 0.407 e. The third kappa shape index (κ3) is 5.34. The molecule has 2 aromatic rings. The highest BCUT2D eigenvalue weighted by Crippen LogP contribution is 2.44. The Hall–Kier alpha value is -3.35. The van der Waals surface area contributed by atoms with Gasteiger partial charge in [0.25, 0.3) is 0 Å². The van der Waals surface area contributed by atoms with Gasteiger partial charge in [0.05, 0.1) is 5.41 Å². The van der Waals surface area contributed by atoms with Crippen LogP contribution in [0.25, 0.3) is 11.1 Å². The molecule has 1 fully saturated rings. The van der Waals surface area contributed by atoms with Gasteiger partial charge < -0.3 is 20.5 Å². The third-order valence-electron chi connectivity index (χ3n) is 7.73. The largest absolute Gasteiger partial charge is 0.481 e. The van der Waals surface area contributed by atoms with Crippen LogP contribution in [0.5, 0.6) is 0 Å². The molecule has 0 aliphatic heterocycles. The van der Waals surface area contributed by atoms with E-state index in [-0.39, 0.29) is 43.4 Å². The van der Waals surface area contributed by atoms with Crippen molar-refractivity contribution in [1.82, 2.24) is 10.6 Å². The number of amides is 2. The van der Waals surface area contributed by atoms with E-state index >= 15 is 0 Å². The second-order valence-corrected chi connectivity index (χ2v) is 9.97. The molecular weight excluding hydrogens is 444 g/mol. The zero-order valence-electron chi connectivity index (χ0n) is 20.4. The summed E-state index contributed by atoms with van der Waals surface area (Å²) in [5.74, 6) is -1.10. The molecule has 1 saturated carbocycles. The van der Waals surface area contributed by atoms with E-state index in [1.54, 1.807) is 13.8 Å². The first-order valence-electron chi connectivity index (χ1n) is 12.4. The minimum absolute atomic E-state index is 0.000383. The van der Waals surface area contributed by atoms with Crippen molar-refractivity contribution in [3.63, 3.8) is 0 Å². The number of fused-ring (bicyclic) bond motifs is 3. The molecule has 0 bridgehead atoms. The van der Waals surface area contributed by atoms with Crippen molar-refractivity contribution in [2.24, 2.45) is 11.3 Å². The molecular formula is C28H34N2O5. The second-order valence-electron chi connectivity index (χ2n) is 9.97. The Kier molecular flexibility index (Phi) is 7.43. The van der Waals surface area contributed by atoms with Crippen LogP contribution in [-0.4, -0.2) is 42.3 Å². The Morgan fingerprint density at radius 2 is 1.66 bits per heavy atom. The van der Waals surface area contributed by atoms with E-state index in [2.05, 4.69) is 34.9 Å². The molecule has 3 atom stereocenters. The van der Waals surface area contributed by atoms with Crippen molar-refractivity contribution in [3.8, 4) is 11.1 Å². The zero-order chi connectivity index (χ0) is 25.0. The fourth-order valence-electron chi connectivity index (χ4n) is 5.22. The lowest BCUT2D eigenvalue weighted by molar-refractivity contribution is -0.148. The van der Waals surface area contributed by atoms with Crippen LogP contribution in [0, 0.1) is 11.3 Å². The number of hydrogen-bond donors (Lipinski definition) is 3. The molecule has 0 radical (unpaired) electrons. The van der Waals surface area contributed by atoms with Crippen molar-refractivity contribution < 1.29 is 24.2 Å². The first-order chi connectivity index (χ1) is 16.8. The highest BCUT2D eigenvalue weighted by atomic mass is 16.5. The molecule has 2 aliphatic rings. The minimum atomic E-state index is -0.982. The normalized spacial score (nSPS) is 20.4. The van der Waals surface area contributed by atoms with Gasteiger partial charge in [-0.15, -0.1) is 0 Å². The van der Waals surface area contributed by atoms with Crippen molar-refractivity contribution in [3.05, 3.63) is 59.7 Å². The number of alkyl carbamates (subject to hydrolysis) is 1. The Balaban J connectivity index is 1.30. The van der Waals surface area contributed by atoms with Crippen LogP contribution in [-0.2, 0) is 14.3 Å². The molecule has 186 valence electrons. The van der Waals surface area contributed by atoms with Gasteiger partial charge in [0.2, 0.25) is 5.91 Å². The summed E-state index contributed by atoms with van der Waals surface area (Å²) < 4.78 is 5.67. The molecule has 7 heteroatoms. The lowest BCUT2D eigenvalue weighted by atomic mass is 9.87. The number of benzene rings is 2. The quantitative estimate of drug-likeness (QED) is 0.485. The number of ether oxygens (including phenoxy) is 1. The Morgan fingerprint density at radius 3 is 2.26 bits per heavy atom. The van der Waals surface area contributed by atoms with E-state index in [1.165, 1.54) is 11.1 Å². The van der Waals surface area contributed by atoms with Crippen molar-refractivity contribution in [1.29, 1.82) is 0 Å². The molecule has 2 amide bonds. The molecule has 7 nitrogen and oxygen atoms in total. The zero-order valence-corrected chi connectivity index (χ0v) is 20.4. The molecule has 1 unspecified atom stereocenters. The molecule has 2 aromatic carbocycles. The summed E-state index contributed by atoms with van der Waals surface area (Å²) in [5.41, 5.74) is 3.71. The number of carboxylic acid groups (broad SMARTS) is 1. The molecule has 0 spiro atoms. The van der Waals surface area contributed by atoms with Gasteiger partial charge in [-0.25, -0.2) is 4.79 Å². The first kappa shape index (κ1) is 24.8. The number of hydrogen-bond acceptors (Lipinski definition) is 4. The Morgan fingerprint density at radius 1 is 1.03 bits per heavy atom. The average Bonchev–Trinajstić information content (AvgIpc) is 3.42. The fraction of sp³-hybridized carbons (Fsp3) is 0.464. The molecule has 0 saturated heterocycles. The molecule has 3 N–H and O–H groups in total. The predicted molar refractivity (Wildman–Crippen MR) is 133 cm³/mol. The van der Waals surface area contributed by atoms with Crippen molar-refractivity contribution in [2.75, 3.05) is 13.2 Å². The molecule has 2 aliphatic carbocycles. The summed E-state index contributed by atoms with van der Waals surface area (Å²) in [5, 5.41) is 15.1. The summed E-state index contributed by atoms with van der Waals surface area (Å²) in [4.78, 5) is 36.6. The number of aliphatic carboxylic acids is 1. The Bertz CT molecular complexity index is 1050. The summed E-state index contributed by atoms with van der Waals surface area (Å²) in [6.07, 6.45) is 2.78. The van der Waals surface area contributed by atoms with E-state index < -0.39 is 17.5 Å². The van der Waals surface area contributed by atoms with E-state index in [4.69, 9.17) is 4.74 Å². The van der Waals surface area contributed by atoms with Gasteiger partial charge in [0, 0.05) is 24.9 Å². The summed E-state index contributed by atoms with van der Waals surface area (Å²) >= 11 is 0. The van der Waals surface area contributed by atoms with Gasteiger partial charge >= 0.3 is 12.1 Å². The standard InChI is InChI=1S/C28H34N2O5/c1-3-28(2,26(32)33)17-29-25(31)15-18-9-8-14-24(18)30-27(34)35-16-23-21-12-6-4-10-19(21)20-11-5-7-13-22(20)23/h4-7,10-13,18,23-24H,3,8-9,14-17H2,1-2H3,(H,29,31)(H,30,34)(H,32,33)/t18-,24+,28?/m0/s1. The van der Waals surface area contributed by atoms with Gasteiger partial charge in [0.1, 0.15) is 6.61 Å². The SMILES string of the molecule is CCC(C)(CNC(=O)C[C@@H]1CCC[C@H]1NC(=O)OCC1c2ccccc2-c2ccccc21)C(=O)O. The number of carboxylic acids is 1. The minimum Gasteiger partial charge on any atom is -0.481 e. The lowest BCUT2D eigenvalue weighted by Gasteiger charge is -2.25. The summed E-state index contributed by atoms with van der Waals surface area (Å²) in [6.45, 7) is 3.77. The first-order valence-corrected chi connectivity index (χ1v) is 12.4. The van der Waals surface area contributed by atoms with Crippen LogP contribution in [0.4, 0.5) is 4.79 Å². The lowest BCUT2D eigenvalue weighted by Crippen LogP contribution is -2.43. The Labute approximate surface area is 206 Å². The number of nitrogens with one attached hydrogen (secondary N) is 2. The van der Waals surface area contributed by atoms with Crippen LogP contribution in [0.3, 0.4) is 0 Å². The van der Waals surface area contributed by atoms with Crippen LogP contribution < -0.4 is 10.6 Å². The van der Waals surface area contributed by atoms with E-state index in [0.29, 0.717) is 6.42 Å². The van der Waals surface area contributed by atoms with Crippen molar-refractivity contribution in [2.45, 2.75) is 57.9 Å². The van der Waals surface area contributed by atoms with Gasteiger partial charge in [-0.3, -0.25) is 9.59 Å². The highest BCUT2D eigenvalue weighted by molar-refractivity contribution is 5.80. The van der Waals surface area contributed by atoms with Crippen molar-refractivity contribution >= 4 is 18.0 Å². The van der Waals surface area contributed by atoms with Gasteiger partial charge in [-0.1, -0.05) is 61.9 Å². The van der Waals surface area contributed by atoms with Crippen LogP contribution in [0.15, 0.2) is 48.5 Å². The molecule has 35 heavy (non-hydrogen) atoms. The topological polar surface area (TPSA) is 105 Å². The van der Waals surface area contributed by atoms with E-state index in [0.717, 1.165) is 30.4 Å². The monoisotopic (exact) mass is 478 g/mol. The van der Waals surface area contributed by atoms with E-state index in [9.17, 15) is 19.5 Å². The van der Waals surface area contributed by atoms with E-state index in [1.807, 2.05) is 24.3 Å². The predicted octanol–water partition coefficient (Wildman–Crippen LogP) is 4.70. The average molecular weight is 479 g/mol. The fourth-order valence-corrected chi connectivity index (χ4v) is 5.22. The maximum atomic E-state index is 12.7. The second kappa shape index (κ2) is 10.5. The highest BCUT2D eigenvalue weighted by Gasteiger charge is 2.34.